The third kappa shape index (κ3) is 2.65. The molecule has 1 atom stereocenters. The van der Waals surface area contributed by atoms with Crippen LogP contribution in [0.4, 0.5) is 8.78 Å². The number of rotatable bonds is 4. The van der Waals surface area contributed by atoms with Crippen molar-refractivity contribution in [3.8, 4) is 0 Å². The molecular weight excluding hydrogens is 220 g/mol. The first-order valence-corrected chi connectivity index (χ1v) is 6.35. The highest BCUT2D eigenvalue weighted by Crippen LogP contribution is 2.30. The third-order valence-electron chi connectivity index (χ3n) is 3.64. The van der Waals surface area contributed by atoms with Crippen LogP contribution in [0.25, 0.3) is 0 Å². The van der Waals surface area contributed by atoms with Gasteiger partial charge in [-0.25, -0.2) is 8.78 Å². The van der Waals surface area contributed by atoms with E-state index < -0.39 is 11.6 Å². The summed E-state index contributed by atoms with van der Waals surface area (Å²) in [6, 6.07) is 4.10. The van der Waals surface area contributed by atoms with Gasteiger partial charge in [0.25, 0.3) is 0 Å². The fourth-order valence-corrected chi connectivity index (χ4v) is 2.84. The molecule has 1 saturated heterocycles. The van der Waals surface area contributed by atoms with Crippen molar-refractivity contribution in [2.45, 2.75) is 44.6 Å². The lowest BCUT2D eigenvalue weighted by Gasteiger charge is -2.29. The third-order valence-corrected chi connectivity index (χ3v) is 3.64. The van der Waals surface area contributed by atoms with Crippen molar-refractivity contribution in [1.29, 1.82) is 0 Å². The molecule has 1 aliphatic rings. The van der Waals surface area contributed by atoms with Crippen LogP contribution in [0.5, 0.6) is 0 Å². The molecule has 1 aliphatic heterocycles. The molecule has 0 aromatic heterocycles. The van der Waals surface area contributed by atoms with E-state index in [2.05, 4.69) is 12.2 Å². The number of nitrogens with one attached hydrogen (secondary N) is 1. The van der Waals surface area contributed by atoms with Gasteiger partial charge >= 0.3 is 0 Å². The zero-order valence-electron chi connectivity index (χ0n) is 10.2. The summed E-state index contributed by atoms with van der Waals surface area (Å²) in [4.78, 5) is 0. The van der Waals surface area contributed by atoms with Gasteiger partial charge in [0, 0.05) is 11.1 Å². The number of benzene rings is 1. The lowest BCUT2D eigenvalue weighted by molar-refractivity contribution is 0.332. The normalized spacial score (nSPS) is 24.2. The zero-order valence-corrected chi connectivity index (χ0v) is 10.2. The van der Waals surface area contributed by atoms with E-state index in [0.29, 0.717) is 6.42 Å². The fraction of sp³-hybridized carbons (Fsp3) is 0.571. The topological polar surface area (TPSA) is 12.0 Å². The first-order valence-electron chi connectivity index (χ1n) is 6.35. The predicted octanol–water partition coefficient (Wildman–Crippen LogP) is 3.43. The van der Waals surface area contributed by atoms with Crippen molar-refractivity contribution in [3.63, 3.8) is 0 Å². The number of hydrogen-bond acceptors (Lipinski definition) is 1. The summed E-state index contributed by atoms with van der Waals surface area (Å²) in [6.07, 6.45) is 4.56. The summed E-state index contributed by atoms with van der Waals surface area (Å²) in [7, 11) is 0. The van der Waals surface area contributed by atoms with Crippen molar-refractivity contribution in [3.05, 3.63) is 35.4 Å². The van der Waals surface area contributed by atoms with E-state index >= 15 is 0 Å². The van der Waals surface area contributed by atoms with Gasteiger partial charge in [-0.1, -0.05) is 19.4 Å². The van der Waals surface area contributed by atoms with Crippen molar-refractivity contribution >= 4 is 0 Å². The summed E-state index contributed by atoms with van der Waals surface area (Å²) < 4.78 is 27.3. The van der Waals surface area contributed by atoms with Crippen LogP contribution in [0, 0.1) is 11.6 Å². The summed E-state index contributed by atoms with van der Waals surface area (Å²) >= 11 is 0. The summed E-state index contributed by atoms with van der Waals surface area (Å²) in [6.45, 7) is 3.07. The molecule has 0 bridgehead atoms. The minimum atomic E-state index is -0.422. The van der Waals surface area contributed by atoms with Crippen LogP contribution in [-0.4, -0.2) is 12.1 Å². The molecule has 1 unspecified atom stereocenters. The lowest BCUT2D eigenvalue weighted by atomic mass is 9.85. The van der Waals surface area contributed by atoms with Gasteiger partial charge in [0.15, 0.2) is 0 Å². The second-order valence-corrected chi connectivity index (χ2v) is 4.94. The van der Waals surface area contributed by atoms with E-state index in [9.17, 15) is 8.78 Å². The Hall–Kier alpha value is -0.960. The zero-order chi connectivity index (χ0) is 12.3. The van der Waals surface area contributed by atoms with Gasteiger partial charge in [0.05, 0.1) is 0 Å². The first kappa shape index (κ1) is 12.5. The second-order valence-electron chi connectivity index (χ2n) is 4.94. The van der Waals surface area contributed by atoms with Crippen LogP contribution in [-0.2, 0) is 6.42 Å². The molecule has 1 N–H and O–H groups in total. The van der Waals surface area contributed by atoms with Crippen LogP contribution in [0.2, 0.25) is 0 Å². The molecular formula is C14H19F2N. The SMILES string of the molecule is CCCC1(Cc2c(F)cccc2F)CCCN1. The predicted molar refractivity (Wildman–Crippen MR) is 64.9 cm³/mol. The molecule has 2 rings (SSSR count). The molecule has 0 amide bonds. The second kappa shape index (κ2) is 5.13. The Kier molecular flexibility index (Phi) is 3.77. The minimum Gasteiger partial charge on any atom is -0.311 e. The Morgan fingerprint density at radius 1 is 1.29 bits per heavy atom. The average Bonchev–Trinajstić information content (AvgIpc) is 2.73. The van der Waals surface area contributed by atoms with Crippen LogP contribution < -0.4 is 5.32 Å². The standard InChI is InChI=1S/C14H19F2N/c1-2-7-14(8-4-9-17-14)10-11-12(15)5-3-6-13(11)16/h3,5-6,17H,2,4,7-10H2,1H3. The van der Waals surface area contributed by atoms with Crippen LogP contribution in [0.1, 0.15) is 38.2 Å². The van der Waals surface area contributed by atoms with E-state index in [0.717, 1.165) is 32.2 Å². The Morgan fingerprint density at radius 3 is 2.53 bits per heavy atom. The van der Waals surface area contributed by atoms with Crippen molar-refractivity contribution < 1.29 is 8.78 Å². The maximum absolute atomic E-state index is 13.6. The Labute approximate surface area is 101 Å². The van der Waals surface area contributed by atoms with Crippen molar-refractivity contribution in [2.24, 2.45) is 0 Å². The maximum atomic E-state index is 13.6. The van der Waals surface area contributed by atoms with Crippen LogP contribution >= 0.6 is 0 Å². The van der Waals surface area contributed by atoms with E-state index in [1.807, 2.05) is 0 Å². The Morgan fingerprint density at radius 2 is 2.00 bits per heavy atom. The largest absolute Gasteiger partial charge is 0.311 e. The average molecular weight is 239 g/mol. The highest BCUT2D eigenvalue weighted by atomic mass is 19.1. The van der Waals surface area contributed by atoms with Gasteiger partial charge in [-0.15, -0.1) is 0 Å². The maximum Gasteiger partial charge on any atom is 0.129 e. The minimum absolute atomic E-state index is 0.0994. The molecule has 0 saturated carbocycles. The number of halogens is 2. The van der Waals surface area contributed by atoms with Gasteiger partial charge in [-0.05, 0) is 44.4 Å². The Balaban J connectivity index is 2.23. The molecule has 0 aliphatic carbocycles. The highest BCUT2D eigenvalue weighted by Gasteiger charge is 2.34. The smallest absolute Gasteiger partial charge is 0.129 e. The van der Waals surface area contributed by atoms with E-state index in [1.165, 1.54) is 18.2 Å². The molecule has 94 valence electrons. The molecule has 1 heterocycles. The van der Waals surface area contributed by atoms with Crippen LogP contribution in [0.15, 0.2) is 18.2 Å². The van der Waals surface area contributed by atoms with Gasteiger partial charge in [0.2, 0.25) is 0 Å². The Bertz CT molecular complexity index is 364. The molecule has 0 spiro atoms. The molecule has 3 heteroatoms. The molecule has 1 aromatic rings. The van der Waals surface area contributed by atoms with Crippen LogP contribution in [0.3, 0.4) is 0 Å². The summed E-state index contributed by atoms with van der Waals surface area (Å²) in [5, 5.41) is 3.44. The van der Waals surface area contributed by atoms with Crippen molar-refractivity contribution in [2.75, 3.05) is 6.54 Å². The molecule has 17 heavy (non-hydrogen) atoms. The van der Waals surface area contributed by atoms with Gasteiger partial charge < -0.3 is 5.32 Å². The summed E-state index contributed by atoms with van der Waals surface area (Å²) in [5.41, 5.74) is 0.132. The molecule has 0 radical (unpaired) electrons. The molecule has 1 nitrogen and oxygen atoms in total. The highest BCUT2D eigenvalue weighted by molar-refractivity contribution is 5.22. The van der Waals surface area contributed by atoms with Gasteiger partial charge in [-0.2, -0.15) is 0 Å². The monoisotopic (exact) mass is 239 g/mol. The lowest BCUT2D eigenvalue weighted by Crippen LogP contribution is -2.42. The van der Waals surface area contributed by atoms with E-state index in [1.54, 1.807) is 0 Å². The van der Waals surface area contributed by atoms with E-state index in [-0.39, 0.29) is 11.1 Å². The molecule has 1 fully saturated rings. The van der Waals surface area contributed by atoms with E-state index in [4.69, 9.17) is 0 Å². The van der Waals surface area contributed by atoms with Gasteiger partial charge in [0.1, 0.15) is 11.6 Å². The molecule has 1 aromatic carbocycles. The van der Waals surface area contributed by atoms with Gasteiger partial charge in [-0.3, -0.25) is 0 Å². The number of hydrogen-bond donors (Lipinski definition) is 1. The quantitative estimate of drug-likeness (QED) is 0.848. The summed E-state index contributed by atoms with van der Waals surface area (Å²) in [5.74, 6) is -0.844. The van der Waals surface area contributed by atoms with Crippen molar-refractivity contribution in [1.82, 2.24) is 5.32 Å². The fourth-order valence-electron chi connectivity index (χ4n) is 2.84. The first-order chi connectivity index (χ1) is 8.17.